The minimum Gasteiger partial charge on any atom is -0.494 e. The molecule has 0 bridgehead atoms. The van der Waals surface area contributed by atoms with Crippen LogP contribution in [0.4, 0.5) is 0 Å². The van der Waals surface area contributed by atoms with Gasteiger partial charge in [-0.2, -0.15) is 5.26 Å². The van der Waals surface area contributed by atoms with Crippen LogP contribution in [0.1, 0.15) is 31.4 Å². The summed E-state index contributed by atoms with van der Waals surface area (Å²) in [6, 6.07) is 6.29. The fourth-order valence-corrected chi connectivity index (χ4v) is 1.70. The number of benzene rings is 1. The van der Waals surface area contributed by atoms with Crippen molar-refractivity contribution in [1.29, 1.82) is 5.26 Å². The third-order valence-electron chi connectivity index (χ3n) is 2.71. The molecule has 1 aromatic rings. The minimum absolute atomic E-state index is 0.320. The van der Waals surface area contributed by atoms with Crippen molar-refractivity contribution in [3.05, 3.63) is 27.7 Å². The molecule has 3 heteroatoms. The molecule has 17 heavy (non-hydrogen) atoms. The first kappa shape index (κ1) is 14.1. The van der Waals surface area contributed by atoms with E-state index in [9.17, 15) is 0 Å². The number of hydrogen-bond acceptors (Lipinski definition) is 2. The molecule has 0 aliphatic rings. The second kappa shape index (κ2) is 5.55. The van der Waals surface area contributed by atoms with Gasteiger partial charge in [0.25, 0.3) is 0 Å². The summed E-state index contributed by atoms with van der Waals surface area (Å²) >= 11 is 3.53. The Morgan fingerprint density at radius 2 is 1.82 bits per heavy atom. The molecule has 0 saturated heterocycles. The Bertz CT molecular complexity index is 423. The first-order valence-electron chi connectivity index (χ1n) is 5.66. The van der Waals surface area contributed by atoms with Gasteiger partial charge in [0.05, 0.1) is 18.1 Å². The Morgan fingerprint density at radius 3 is 2.29 bits per heavy atom. The molecule has 0 N–H and O–H groups in total. The van der Waals surface area contributed by atoms with Crippen molar-refractivity contribution in [2.24, 2.45) is 5.41 Å². The molecule has 0 atom stereocenters. The summed E-state index contributed by atoms with van der Waals surface area (Å²) in [5.41, 5.74) is 2.01. The Balaban J connectivity index is 2.63. The monoisotopic (exact) mass is 295 g/mol. The molecule has 0 fully saturated rings. The van der Waals surface area contributed by atoms with E-state index in [4.69, 9.17) is 10.00 Å². The van der Waals surface area contributed by atoms with Gasteiger partial charge in [0.15, 0.2) is 0 Å². The summed E-state index contributed by atoms with van der Waals surface area (Å²) in [4.78, 5) is 0. The summed E-state index contributed by atoms with van der Waals surface area (Å²) in [6.45, 7) is 8.51. The maximum Gasteiger partial charge on any atom is 0.119 e. The van der Waals surface area contributed by atoms with E-state index in [1.807, 2.05) is 39.8 Å². The molecular formula is C14H18BrNO. The van der Waals surface area contributed by atoms with Crippen molar-refractivity contribution < 1.29 is 4.74 Å². The SMILES string of the molecule is Cc1cc(OCCC(C)(C)C#N)cc(C)c1Br. The zero-order valence-electron chi connectivity index (χ0n) is 10.8. The highest BCUT2D eigenvalue weighted by Gasteiger charge is 2.16. The molecule has 92 valence electrons. The van der Waals surface area contributed by atoms with Crippen molar-refractivity contribution >= 4 is 15.9 Å². The van der Waals surface area contributed by atoms with Gasteiger partial charge in [0, 0.05) is 4.47 Å². The lowest BCUT2D eigenvalue weighted by molar-refractivity contribution is 0.264. The van der Waals surface area contributed by atoms with Crippen molar-refractivity contribution in [3.8, 4) is 11.8 Å². The zero-order valence-corrected chi connectivity index (χ0v) is 12.4. The Hall–Kier alpha value is -1.01. The van der Waals surface area contributed by atoms with Crippen LogP contribution in [0.15, 0.2) is 16.6 Å². The molecular weight excluding hydrogens is 278 g/mol. The van der Waals surface area contributed by atoms with Crippen LogP contribution in [0, 0.1) is 30.6 Å². The minimum atomic E-state index is -0.320. The van der Waals surface area contributed by atoms with Gasteiger partial charge >= 0.3 is 0 Å². The van der Waals surface area contributed by atoms with Crippen LogP contribution in [-0.2, 0) is 0 Å². The number of aryl methyl sites for hydroxylation is 2. The van der Waals surface area contributed by atoms with Crippen molar-refractivity contribution in [2.45, 2.75) is 34.1 Å². The van der Waals surface area contributed by atoms with E-state index in [-0.39, 0.29) is 5.41 Å². The molecule has 1 rings (SSSR count). The smallest absolute Gasteiger partial charge is 0.119 e. The molecule has 1 aromatic carbocycles. The van der Waals surface area contributed by atoms with Gasteiger partial charge in [0.2, 0.25) is 0 Å². The summed E-state index contributed by atoms with van der Waals surface area (Å²) in [6.07, 6.45) is 0.734. The first-order chi connectivity index (χ1) is 7.85. The van der Waals surface area contributed by atoms with E-state index >= 15 is 0 Å². The van der Waals surface area contributed by atoms with Crippen LogP contribution in [-0.4, -0.2) is 6.61 Å². The summed E-state index contributed by atoms with van der Waals surface area (Å²) in [5, 5.41) is 8.90. The molecule has 0 unspecified atom stereocenters. The van der Waals surface area contributed by atoms with E-state index in [1.54, 1.807) is 0 Å². The van der Waals surface area contributed by atoms with Crippen molar-refractivity contribution in [1.82, 2.24) is 0 Å². The van der Waals surface area contributed by atoms with Gasteiger partial charge in [-0.15, -0.1) is 0 Å². The average molecular weight is 296 g/mol. The number of halogens is 1. The Kier molecular flexibility index (Phi) is 4.59. The fraction of sp³-hybridized carbons (Fsp3) is 0.500. The summed E-state index contributed by atoms with van der Waals surface area (Å²) < 4.78 is 6.82. The standard InChI is InChI=1S/C14H18BrNO/c1-10-7-12(8-11(2)13(10)15)17-6-5-14(3,4)9-16/h7-8H,5-6H2,1-4H3. The summed E-state index contributed by atoms with van der Waals surface area (Å²) in [7, 11) is 0. The Morgan fingerprint density at radius 1 is 1.29 bits per heavy atom. The lowest BCUT2D eigenvalue weighted by Gasteiger charge is -2.16. The highest BCUT2D eigenvalue weighted by atomic mass is 79.9. The molecule has 0 spiro atoms. The largest absolute Gasteiger partial charge is 0.494 e. The number of nitrogens with zero attached hydrogens (tertiary/aromatic N) is 1. The molecule has 0 aliphatic carbocycles. The number of hydrogen-bond donors (Lipinski definition) is 0. The van der Waals surface area contributed by atoms with Crippen LogP contribution in [0.3, 0.4) is 0 Å². The van der Waals surface area contributed by atoms with Crippen LogP contribution in [0.5, 0.6) is 5.75 Å². The zero-order chi connectivity index (χ0) is 13.1. The quantitative estimate of drug-likeness (QED) is 0.825. The highest BCUT2D eigenvalue weighted by molar-refractivity contribution is 9.10. The fourth-order valence-electron chi connectivity index (χ4n) is 1.47. The normalized spacial score (nSPS) is 11.1. The van der Waals surface area contributed by atoms with Crippen LogP contribution >= 0.6 is 15.9 Å². The van der Waals surface area contributed by atoms with Crippen LogP contribution in [0.2, 0.25) is 0 Å². The van der Waals surface area contributed by atoms with E-state index in [0.29, 0.717) is 6.61 Å². The maximum absolute atomic E-state index is 8.90. The van der Waals surface area contributed by atoms with E-state index in [2.05, 4.69) is 22.0 Å². The predicted octanol–water partition coefficient (Wildman–Crippen LogP) is 4.38. The average Bonchev–Trinajstić information content (AvgIpc) is 2.25. The molecule has 0 aromatic heterocycles. The van der Waals surface area contributed by atoms with Gasteiger partial charge in [-0.05, 0) is 57.4 Å². The molecule has 2 nitrogen and oxygen atoms in total. The topological polar surface area (TPSA) is 33.0 Å². The van der Waals surface area contributed by atoms with Gasteiger partial charge in [-0.25, -0.2) is 0 Å². The molecule has 0 radical (unpaired) electrons. The van der Waals surface area contributed by atoms with Gasteiger partial charge in [-0.1, -0.05) is 15.9 Å². The van der Waals surface area contributed by atoms with Gasteiger partial charge < -0.3 is 4.74 Å². The second-order valence-electron chi connectivity index (χ2n) is 4.97. The molecule has 0 amide bonds. The van der Waals surface area contributed by atoms with E-state index < -0.39 is 0 Å². The number of ether oxygens (including phenoxy) is 1. The van der Waals surface area contributed by atoms with Crippen molar-refractivity contribution in [3.63, 3.8) is 0 Å². The van der Waals surface area contributed by atoms with Gasteiger partial charge in [-0.3, -0.25) is 0 Å². The lowest BCUT2D eigenvalue weighted by atomic mass is 9.92. The number of rotatable bonds is 4. The molecule has 0 saturated carbocycles. The third-order valence-corrected chi connectivity index (χ3v) is 3.96. The highest BCUT2D eigenvalue weighted by Crippen LogP contribution is 2.27. The van der Waals surface area contributed by atoms with Crippen LogP contribution < -0.4 is 4.74 Å². The second-order valence-corrected chi connectivity index (χ2v) is 5.76. The Labute approximate surface area is 112 Å². The molecule has 0 heterocycles. The third kappa shape index (κ3) is 4.05. The predicted molar refractivity (Wildman–Crippen MR) is 73.1 cm³/mol. The van der Waals surface area contributed by atoms with Gasteiger partial charge in [0.1, 0.15) is 5.75 Å². The molecule has 0 aliphatic heterocycles. The lowest BCUT2D eigenvalue weighted by Crippen LogP contribution is -2.13. The van der Waals surface area contributed by atoms with E-state index in [1.165, 1.54) is 11.1 Å². The maximum atomic E-state index is 8.90. The van der Waals surface area contributed by atoms with Crippen molar-refractivity contribution in [2.75, 3.05) is 6.61 Å². The summed E-state index contributed by atoms with van der Waals surface area (Å²) in [5.74, 6) is 0.872. The van der Waals surface area contributed by atoms with Crippen LogP contribution in [0.25, 0.3) is 0 Å². The van der Waals surface area contributed by atoms with E-state index in [0.717, 1.165) is 16.6 Å². The number of nitriles is 1. The first-order valence-corrected chi connectivity index (χ1v) is 6.46.